The van der Waals surface area contributed by atoms with Gasteiger partial charge < -0.3 is 19.3 Å². The molecule has 0 saturated heterocycles. The van der Waals surface area contributed by atoms with Crippen LogP contribution in [-0.2, 0) is 22.6 Å². The van der Waals surface area contributed by atoms with Crippen LogP contribution in [0, 0.1) is 13.8 Å². The second kappa shape index (κ2) is 7.95. The van der Waals surface area contributed by atoms with Crippen LogP contribution in [0.4, 0.5) is 5.69 Å². The number of anilines is 1. The van der Waals surface area contributed by atoms with Crippen molar-refractivity contribution in [3.8, 4) is 5.69 Å². The Morgan fingerprint density at radius 1 is 1.10 bits per heavy atom. The van der Waals surface area contributed by atoms with Crippen molar-refractivity contribution in [2.24, 2.45) is 0 Å². The molecule has 1 aliphatic heterocycles. The number of nitrogens with one attached hydrogen (secondary N) is 1. The van der Waals surface area contributed by atoms with Gasteiger partial charge in [-0.2, -0.15) is 0 Å². The van der Waals surface area contributed by atoms with E-state index in [1.165, 1.54) is 0 Å². The largest absolute Gasteiger partial charge is 0.361 e. The van der Waals surface area contributed by atoms with Crippen LogP contribution in [0.1, 0.15) is 35.6 Å². The van der Waals surface area contributed by atoms with Gasteiger partial charge in [-0.15, -0.1) is 0 Å². The number of aromatic nitrogens is 2. The smallest absolute Gasteiger partial charge is 0.227 e. The number of amides is 2. The van der Waals surface area contributed by atoms with Gasteiger partial charge in [0, 0.05) is 36.8 Å². The SMILES string of the molecule is Cc1noc(C)c1CCNC(=O)CCC(=O)N1Cc2cccn2-c2ccccc21. The Labute approximate surface area is 169 Å². The van der Waals surface area contributed by atoms with E-state index in [-0.39, 0.29) is 24.7 Å². The summed E-state index contributed by atoms with van der Waals surface area (Å²) in [6.45, 7) is 4.76. The van der Waals surface area contributed by atoms with Crippen molar-refractivity contribution in [1.29, 1.82) is 0 Å². The topological polar surface area (TPSA) is 80.4 Å². The van der Waals surface area contributed by atoms with Gasteiger partial charge in [-0.1, -0.05) is 17.3 Å². The maximum absolute atomic E-state index is 12.9. The monoisotopic (exact) mass is 392 g/mol. The highest BCUT2D eigenvalue weighted by Crippen LogP contribution is 2.32. The number of rotatable bonds is 6. The Morgan fingerprint density at radius 3 is 2.66 bits per heavy atom. The molecule has 0 aliphatic carbocycles. The first kappa shape index (κ1) is 19.0. The Hall–Kier alpha value is -3.35. The molecule has 2 amide bonds. The Kier molecular flexibility index (Phi) is 5.20. The summed E-state index contributed by atoms with van der Waals surface area (Å²) < 4.78 is 7.23. The Balaban J connectivity index is 1.32. The van der Waals surface area contributed by atoms with Crippen molar-refractivity contribution in [2.45, 2.75) is 39.7 Å². The zero-order chi connectivity index (χ0) is 20.4. The minimum absolute atomic E-state index is 0.0502. The first-order valence-electron chi connectivity index (χ1n) is 9.79. The van der Waals surface area contributed by atoms with Crippen LogP contribution >= 0.6 is 0 Å². The van der Waals surface area contributed by atoms with Crippen molar-refractivity contribution < 1.29 is 14.1 Å². The fraction of sp³-hybridized carbons (Fsp3) is 0.318. The van der Waals surface area contributed by atoms with Crippen molar-refractivity contribution in [1.82, 2.24) is 15.0 Å². The molecule has 150 valence electrons. The lowest BCUT2D eigenvalue weighted by molar-refractivity contribution is -0.125. The Morgan fingerprint density at radius 2 is 1.90 bits per heavy atom. The molecule has 0 spiro atoms. The highest BCUT2D eigenvalue weighted by Gasteiger charge is 2.25. The molecule has 3 heterocycles. The van der Waals surface area contributed by atoms with Crippen molar-refractivity contribution in [3.63, 3.8) is 0 Å². The molecule has 7 nitrogen and oxygen atoms in total. The fourth-order valence-electron chi connectivity index (χ4n) is 3.78. The predicted octanol–water partition coefficient (Wildman–Crippen LogP) is 3.07. The van der Waals surface area contributed by atoms with E-state index >= 15 is 0 Å². The molecular weight excluding hydrogens is 368 g/mol. The minimum atomic E-state index is -0.126. The molecule has 2 aromatic heterocycles. The van der Waals surface area contributed by atoms with E-state index in [0.29, 0.717) is 19.5 Å². The minimum Gasteiger partial charge on any atom is -0.361 e. The van der Waals surface area contributed by atoms with Crippen molar-refractivity contribution >= 4 is 17.5 Å². The first-order valence-corrected chi connectivity index (χ1v) is 9.79. The lowest BCUT2D eigenvalue weighted by atomic mass is 10.1. The molecule has 4 rings (SSSR count). The molecule has 0 radical (unpaired) electrons. The van der Waals surface area contributed by atoms with Gasteiger partial charge in [0.2, 0.25) is 11.8 Å². The summed E-state index contributed by atoms with van der Waals surface area (Å²) in [5.74, 6) is 0.602. The number of fused-ring (bicyclic) bond motifs is 3. The van der Waals surface area contributed by atoms with Crippen LogP contribution in [0.3, 0.4) is 0 Å². The van der Waals surface area contributed by atoms with Gasteiger partial charge in [0.25, 0.3) is 0 Å². The zero-order valence-electron chi connectivity index (χ0n) is 16.6. The number of para-hydroxylation sites is 2. The maximum Gasteiger partial charge on any atom is 0.227 e. The second-order valence-corrected chi connectivity index (χ2v) is 7.24. The van der Waals surface area contributed by atoms with E-state index in [0.717, 1.165) is 34.1 Å². The van der Waals surface area contributed by atoms with Crippen LogP contribution < -0.4 is 10.2 Å². The molecule has 7 heteroatoms. The normalized spacial score (nSPS) is 12.4. The van der Waals surface area contributed by atoms with Gasteiger partial charge in [-0.05, 0) is 44.5 Å². The van der Waals surface area contributed by atoms with Gasteiger partial charge >= 0.3 is 0 Å². The third kappa shape index (κ3) is 3.81. The van der Waals surface area contributed by atoms with Gasteiger partial charge in [-0.3, -0.25) is 9.59 Å². The number of benzene rings is 1. The second-order valence-electron chi connectivity index (χ2n) is 7.24. The van der Waals surface area contributed by atoms with Crippen LogP contribution in [0.25, 0.3) is 5.69 Å². The molecule has 1 aliphatic rings. The molecular formula is C22H24N4O3. The van der Waals surface area contributed by atoms with Crippen molar-refractivity contribution in [2.75, 3.05) is 11.4 Å². The van der Waals surface area contributed by atoms with Gasteiger partial charge in [0.1, 0.15) is 5.76 Å². The maximum atomic E-state index is 12.9. The Bertz CT molecular complexity index is 1030. The van der Waals surface area contributed by atoms with Gasteiger partial charge in [-0.25, -0.2) is 0 Å². The molecule has 0 bridgehead atoms. The third-order valence-corrected chi connectivity index (χ3v) is 5.33. The number of nitrogens with zero attached hydrogens (tertiary/aromatic N) is 3. The summed E-state index contributed by atoms with van der Waals surface area (Å²) in [5, 5.41) is 6.80. The number of carbonyl (C=O) groups is 2. The summed E-state index contributed by atoms with van der Waals surface area (Å²) in [5.41, 5.74) is 4.78. The molecule has 0 unspecified atom stereocenters. The van der Waals surface area contributed by atoms with Gasteiger partial charge in [0.15, 0.2) is 0 Å². The summed E-state index contributed by atoms with van der Waals surface area (Å²) >= 11 is 0. The van der Waals surface area contributed by atoms with Crippen LogP contribution in [0.2, 0.25) is 0 Å². The number of carbonyl (C=O) groups excluding carboxylic acids is 2. The van der Waals surface area contributed by atoms with Crippen LogP contribution in [-0.4, -0.2) is 28.1 Å². The average molecular weight is 392 g/mol. The molecule has 1 N–H and O–H groups in total. The molecule has 0 saturated carbocycles. The predicted molar refractivity (Wildman–Crippen MR) is 109 cm³/mol. The van der Waals surface area contributed by atoms with Crippen LogP contribution in [0.5, 0.6) is 0 Å². The molecule has 3 aromatic rings. The lowest BCUT2D eigenvalue weighted by Gasteiger charge is -2.31. The van der Waals surface area contributed by atoms with E-state index in [9.17, 15) is 9.59 Å². The van der Waals surface area contributed by atoms with E-state index < -0.39 is 0 Å². The zero-order valence-corrected chi connectivity index (χ0v) is 16.6. The van der Waals surface area contributed by atoms with E-state index in [2.05, 4.69) is 15.0 Å². The summed E-state index contributed by atoms with van der Waals surface area (Å²) in [4.78, 5) is 26.8. The summed E-state index contributed by atoms with van der Waals surface area (Å²) in [6.07, 6.45) is 3.01. The molecule has 0 atom stereocenters. The number of hydrogen-bond donors (Lipinski definition) is 1. The standard InChI is InChI=1S/C22H24N4O3/c1-15-18(16(2)29-24-15)11-12-23-21(27)9-10-22(28)26-14-17-6-5-13-25(17)19-7-3-4-8-20(19)26/h3-8,13H,9-12,14H2,1-2H3,(H,23,27). The van der Waals surface area contributed by atoms with Crippen molar-refractivity contribution in [3.05, 3.63) is 65.3 Å². The summed E-state index contributed by atoms with van der Waals surface area (Å²) in [7, 11) is 0. The van der Waals surface area contributed by atoms with E-state index in [1.54, 1.807) is 4.90 Å². The summed E-state index contributed by atoms with van der Waals surface area (Å²) in [6, 6.07) is 11.8. The first-order chi connectivity index (χ1) is 14.0. The lowest BCUT2D eigenvalue weighted by Crippen LogP contribution is -2.36. The molecule has 1 aromatic carbocycles. The van der Waals surface area contributed by atoms with E-state index in [1.807, 2.05) is 56.4 Å². The quantitative estimate of drug-likeness (QED) is 0.699. The molecule has 0 fully saturated rings. The average Bonchev–Trinajstić information content (AvgIpc) is 3.33. The molecule has 29 heavy (non-hydrogen) atoms. The number of aryl methyl sites for hydroxylation is 2. The number of hydrogen-bond acceptors (Lipinski definition) is 4. The fourth-order valence-corrected chi connectivity index (χ4v) is 3.78. The van der Waals surface area contributed by atoms with E-state index in [4.69, 9.17) is 4.52 Å². The highest BCUT2D eigenvalue weighted by molar-refractivity contribution is 5.97. The van der Waals surface area contributed by atoms with Crippen LogP contribution in [0.15, 0.2) is 47.1 Å². The highest BCUT2D eigenvalue weighted by atomic mass is 16.5. The van der Waals surface area contributed by atoms with Gasteiger partial charge in [0.05, 0.1) is 23.6 Å². The third-order valence-electron chi connectivity index (χ3n) is 5.33.